The summed E-state index contributed by atoms with van der Waals surface area (Å²) in [5, 5.41) is 18.8. The molecule has 1 aliphatic heterocycles. The van der Waals surface area contributed by atoms with Crippen LogP contribution in [0.1, 0.15) is 30.4 Å². The van der Waals surface area contributed by atoms with E-state index in [-0.39, 0.29) is 12.6 Å². The standard InChI is InChI=1S/C21H22N4O/c22-13-16-8-10-17(11-9-16)14-25-20-7-2-1-6-19(20)23-21(25)24-12-4-3-5-18(24)15-26/h1-2,6-11,18,26H,3-5,12,14-15H2. The van der Waals surface area contributed by atoms with Gasteiger partial charge in [0.05, 0.1) is 41.9 Å². The normalized spacial score (nSPS) is 17.4. The second kappa shape index (κ2) is 7.19. The molecule has 0 bridgehead atoms. The lowest BCUT2D eigenvalue weighted by molar-refractivity contribution is 0.238. The quantitative estimate of drug-likeness (QED) is 0.787. The molecule has 0 saturated carbocycles. The van der Waals surface area contributed by atoms with E-state index in [2.05, 4.69) is 21.6 Å². The second-order valence-corrected chi connectivity index (χ2v) is 6.82. The van der Waals surface area contributed by atoms with Crippen molar-refractivity contribution >= 4 is 17.0 Å². The van der Waals surface area contributed by atoms with E-state index in [1.54, 1.807) is 0 Å². The third kappa shape index (κ3) is 3.04. The minimum absolute atomic E-state index is 0.125. The molecule has 5 heteroatoms. The third-order valence-electron chi connectivity index (χ3n) is 5.15. The summed E-state index contributed by atoms with van der Waals surface area (Å²) >= 11 is 0. The van der Waals surface area contributed by atoms with Crippen LogP contribution in [0.5, 0.6) is 0 Å². The molecule has 1 aliphatic rings. The van der Waals surface area contributed by atoms with Gasteiger partial charge in [-0.1, -0.05) is 24.3 Å². The zero-order valence-corrected chi connectivity index (χ0v) is 14.7. The number of fused-ring (bicyclic) bond motifs is 1. The van der Waals surface area contributed by atoms with Crippen LogP contribution in [-0.2, 0) is 6.54 Å². The first-order valence-electron chi connectivity index (χ1n) is 9.12. The second-order valence-electron chi connectivity index (χ2n) is 6.82. The highest BCUT2D eigenvalue weighted by Crippen LogP contribution is 2.29. The van der Waals surface area contributed by atoms with Gasteiger partial charge in [0, 0.05) is 6.54 Å². The number of rotatable bonds is 4. The van der Waals surface area contributed by atoms with Crippen molar-refractivity contribution in [3.05, 3.63) is 59.7 Å². The van der Waals surface area contributed by atoms with Gasteiger partial charge in [-0.25, -0.2) is 4.98 Å². The Balaban J connectivity index is 1.77. The number of benzene rings is 2. The van der Waals surface area contributed by atoms with Gasteiger partial charge >= 0.3 is 0 Å². The molecule has 5 nitrogen and oxygen atoms in total. The number of hydrogen-bond donors (Lipinski definition) is 1. The van der Waals surface area contributed by atoms with Crippen LogP contribution in [-0.4, -0.2) is 33.9 Å². The molecule has 0 radical (unpaired) electrons. The fourth-order valence-corrected chi connectivity index (χ4v) is 3.76. The van der Waals surface area contributed by atoms with Gasteiger partial charge in [0.15, 0.2) is 0 Å². The summed E-state index contributed by atoms with van der Waals surface area (Å²) in [5.74, 6) is 0.925. The van der Waals surface area contributed by atoms with Crippen LogP contribution < -0.4 is 4.90 Å². The van der Waals surface area contributed by atoms with Crippen molar-refractivity contribution < 1.29 is 5.11 Å². The Morgan fingerprint density at radius 1 is 1.12 bits per heavy atom. The van der Waals surface area contributed by atoms with Crippen molar-refractivity contribution in [1.29, 1.82) is 5.26 Å². The van der Waals surface area contributed by atoms with Crippen LogP contribution in [0.3, 0.4) is 0 Å². The molecule has 2 heterocycles. The minimum Gasteiger partial charge on any atom is -0.394 e. The molecule has 1 atom stereocenters. The van der Waals surface area contributed by atoms with Crippen LogP contribution in [0.25, 0.3) is 11.0 Å². The molecule has 3 aromatic rings. The van der Waals surface area contributed by atoms with Gasteiger partial charge in [-0.05, 0) is 49.1 Å². The summed E-state index contributed by atoms with van der Waals surface area (Å²) in [6, 6.07) is 18.1. The predicted molar refractivity (Wildman–Crippen MR) is 102 cm³/mol. The highest BCUT2D eigenvalue weighted by Gasteiger charge is 2.26. The summed E-state index contributed by atoms with van der Waals surface area (Å²) in [6.45, 7) is 1.76. The van der Waals surface area contributed by atoms with Crippen molar-refractivity contribution in [3.8, 4) is 6.07 Å². The van der Waals surface area contributed by atoms with Crippen LogP contribution in [0, 0.1) is 11.3 Å². The molecule has 1 aromatic heterocycles. The Morgan fingerprint density at radius 3 is 2.69 bits per heavy atom. The van der Waals surface area contributed by atoms with E-state index in [4.69, 9.17) is 10.2 Å². The molecule has 1 N–H and O–H groups in total. The topological polar surface area (TPSA) is 65.1 Å². The van der Waals surface area contributed by atoms with Crippen LogP contribution in [0.15, 0.2) is 48.5 Å². The van der Waals surface area contributed by atoms with Crippen LogP contribution in [0.4, 0.5) is 5.95 Å². The number of aromatic nitrogens is 2. The number of nitriles is 1. The monoisotopic (exact) mass is 346 g/mol. The van der Waals surface area contributed by atoms with Gasteiger partial charge in [-0.3, -0.25) is 0 Å². The molecule has 0 amide bonds. The minimum atomic E-state index is 0.125. The number of imidazole rings is 1. The number of anilines is 1. The fourth-order valence-electron chi connectivity index (χ4n) is 3.76. The molecule has 1 unspecified atom stereocenters. The number of hydrogen-bond acceptors (Lipinski definition) is 4. The predicted octanol–water partition coefficient (Wildman–Crippen LogP) is 3.31. The Labute approximate surface area is 153 Å². The Hall–Kier alpha value is -2.84. The number of aliphatic hydroxyl groups excluding tert-OH is 1. The van der Waals surface area contributed by atoms with Gasteiger partial charge < -0.3 is 14.6 Å². The number of nitrogens with zero attached hydrogens (tertiary/aromatic N) is 4. The zero-order valence-electron chi connectivity index (χ0n) is 14.7. The maximum Gasteiger partial charge on any atom is 0.207 e. The molecule has 1 saturated heterocycles. The SMILES string of the molecule is N#Cc1ccc(Cn2c(N3CCCCC3CO)nc3ccccc32)cc1. The average Bonchev–Trinajstić information content (AvgIpc) is 3.07. The third-order valence-corrected chi connectivity index (χ3v) is 5.15. The van der Waals surface area contributed by atoms with E-state index in [1.165, 1.54) is 0 Å². The van der Waals surface area contributed by atoms with E-state index < -0.39 is 0 Å². The maximum absolute atomic E-state index is 9.83. The zero-order chi connectivity index (χ0) is 17.9. The van der Waals surface area contributed by atoms with E-state index in [0.717, 1.165) is 48.4 Å². The van der Waals surface area contributed by atoms with Gasteiger partial charge in [0.1, 0.15) is 0 Å². The molecular formula is C21H22N4O. The maximum atomic E-state index is 9.83. The lowest BCUT2D eigenvalue weighted by Crippen LogP contribution is -2.43. The summed E-state index contributed by atoms with van der Waals surface area (Å²) in [4.78, 5) is 7.15. The number of aliphatic hydroxyl groups is 1. The Kier molecular flexibility index (Phi) is 4.59. The van der Waals surface area contributed by atoms with Crippen molar-refractivity contribution in [2.45, 2.75) is 31.8 Å². The van der Waals surface area contributed by atoms with E-state index in [1.807, 2.05) is 42.5 Å². The molecule has 0 aliphatic carbocycles. The lowest BCUT2D eigenvalue weighted by atomic mass is 10.0. The number of piperidine rings is 1. The highest BCUT2D eigenvalue weighted by atomic mass is 16.3. The highest BCUT2D eigenvalue weighted by molar-refractivity contribution is 5.79. The van der Waals surface area contributed by atoms with E-state index in [9.17, 15) is 5.11 Å². The molecule has 1 fully saturated rings. The molecular weight excluding hydrogens is 324 g/mol. The molecule has 4 rings (SSSR count). The Morgan fingerprint density at radius 2 is 1.92 bits per heavy atom. The molecule has 0 spiro atoms. The van der Waals surface area contributed by atoms with Crippen molar-refractivity contribution in [2.24, 2.45) is 0 Å². The summed E-state index contributed by atoms with van der Waals surface area (Å²) in [5.41, 5.74) is 3.86. The molecule has 2 aromatic carbocycles. The van der Waals surface area contributed by atoms with Gasteiger partial charge in [0.25, 0.3) is 0 Å². The fraction of sp³-hybridized carbons (Fsp3) is 0.333. The Bertz CT molecular complexity index is 939. The van der Waals surface area contributed by atoms with E-state index in [0.29, 0.717) is 12.1 Å². The first-order valence-corrected chi connectivity index (χ1v) is 9.12. The first-order chi connectivity index (χ1) is 12.8. The van der Waals surface area contributed by atoms with E-state index >= 15 is 0 Å². The van der Waals surface area contributed by atoms with Gasteiger partial charge in [-0.15, -0.1) is 0 Å². The van der Waals surface area contributed by atoms with Crippen molar-refractivity contribution in [3.63, 3.8) is 0 Å². The van der Waals surface area contributed by atoms with Crippen LogP contribution >= 0.6 is 0 Å². The largest absolute Gasteiger partial charge is 0.394 e. The smallest absolute Gasteiger partial charge is 0.207 e. The molecule has 26 heavy (non-hydrogen) atoms. The van der Waals surface area contributed by atoms with Gasteiger partial charge in [-0.2, -0.15) is 5.26 Å². The van der Waals surface area contributed by atoms with Gasteiger partial charge in [0.2, 0.25) is 5.95 Å². The van der Waals surface area contributed by atoms with Crippen molar-refractivity contribution in [1.82, 2.24) is 9.55 Å². The summed E-state index contributed by atoms with van der Waals surface area (Å²) in [7, 11) is 0. The summed E-state index contributed by atoms with van der Waals surface area (Å²) < 4.78 is 2.23. The number of para-hydroxylation sites is 2. The van der Waals surface area contributed by atoms with Crippen molar-refractivity contribution in [2.75, 3.05) is 18.1 Å². The first kappa shape index (κ1) is 16.6. The summed E-state index contributed by atoms with van der Waals surface area (Å²) in [6.07, 6.45) is 3.27. The lowest BCUT2D eigenvalue weighted by Gasteiger charge is -2.35. The molecule has 132 valence electrons. The van der Waals surface area contributed by atoms with Crippen LogP contribution in [0.2, 0.25) is 0 Å². The average molecular weight is 346 g/mol.